The number of hydrogen-bond donors (Lipinski definition) is 3. The monoisotopic (exact) mass is 282 g/mol. The summed E-state index contributed by atoms with van der Waals surface area (Å²) in [5.41, 5.74) is 10.0. The molecule has 1 saturated carbocycles. The molecule has 0 amide bonds. The third kappa shape index (κ3) is 2.29. The standard InChI is InChI=1S/C12H18N4O2S/c13-9-4-11-10(12(5-9)19(14,17)18)6-15-16(11)7-8-2-1-3-8/h4-6,8,11,15H,1-3,7,13H2,(H2,14,17,18). The Labute approximate surface area is 112 Å². The highest BCUT2D eigenvalue weighted by Crippen LogP contribution is 2.34. The molecule has 1 aliphatic heterocycles. The van der Waals surface area contributed by atoms with Gasteiger partial charge >= 0.3 is 0 Å². The zero-order valence-electron chi connectivity index (χ0n) is 10.5. The fourth-order valence-electron chi connectivity index (χ4n) is 2.71. The van der Waals surface area contributed by atoms with E-state index in [2.05, 4.69) is 5.43 Å². The normalized spacial score (nSPS) is 27.8. The number of hydrazine groups is 1. The van der Waals surface area contributed by atoms with Crippen molar-refractivity contribution in [3.63, 3.8) is 0 Å². The lowest BCUT2D eigenvalue weighted by molar-refractivity contribution is 0.145. The van der Waals surface area contributed by atoms with Gasteiger partial charge in [-0.05, 0) is 30.9 Å². The predicted octanol–water partition coefficient (Wildman–Crippen LogP) is -0.112. The van der Waals surface area contributed by atoms with Crippen molar-refractivity contribution in [2.45, 2.75) is 25.3 Å². The van der Waals surface area contributed by atoms with Crippen LogP contribution >= 0.6 is 0 Å². The molecule has 0 aromatic carbocycles. The van der Waals surface area contributed by atoms with Crippen molar-refractivity contribution in [3.05, 3.63) is 34.5 Å². The van der Waals surface area contributed by atoms with Gasteiger partial charge < -0.3 is 11.2 Å². The summed E-state index contributed by atoms with van der Waals surface area (Å²) in [5.74, 6) is 0.679. The largest absolute Gasteiger partial charge is 0.399 e. The highest BCUT2D eigenvalue weighted by molar-refractivity contribution is 7.93. The first-order valence-electron chi connectivity index (χ1n) is 6.40. The molecule has 0 aromatic heterocycles. The first-order valence-corrected chi connectivity index (χ1v) is 7.95. The van der Waals surface area contributed by atoms with E-state index < -0.39 is 10.0 Å². The van der Waals surface area contributed by atoms with E-state index in [0.29, 0.717) is 17.2 Å². The summed E-state index contributed by atoms with van der Waals surface area (Å²) in [6.45, 7) is 0.895. The molecule has 0 radical (unpaired) electrons. The van der Waals surface area contributed by atoms with Crippen LogP contribution in [0.25, 0.3) is 0 Å². The van der Waals surface area contributed by atoms with Gasteiger partial charge in [0.25, 0.3) is 0 Å². The van der Waals surface area contributed by atoms with Gasteiger partial charge in [0, 0.05) is 24.0 Å². The number of rotatable bonds is 3. The molecule has 104 valence electrons. The average molecular weight is 282 g/mol. The summed E-state index contributed by atoms with van der Waals surface area (Å²) in [6, 6.07) is -0.140. The minimum Gasteiger partial charge on any atom is -0.399 e. The second kappa shape index (κ2) is 4.36. The van der Waals surface area contributed by atoms with Gasteiger partial charge in [0.05, 0.1) is 10.9 Å². The van der Waals surface area contributed by atoms with Gasteiger partial charge in [-0.1, -0.05) is 6.42 Å². The fraction of sp³-hybridized carbons (Fsp3) is 0.500. The third-order valence-electron chi connectivity index (χ3n) is 3.96. The molecule has 0 saturated heterocycles. The molecule has 0 bridgehead atoms. The summed E-state index contributed by atoms with van der Waals surface area (Å²) >= 11 is 0. The van der Waals surface area contributed by atoms with E-state index in [9.17, 15) is 8.42 Å². The molecule has 1 heterocycles. The van der Waals surface area contributed by atoms with Gasteiger partial charge in [-0.25, -0.2) is 18.6 Å². The summed E-state index contributed by atoms with van der Waals surface area (Å²) in [7, 11) is -3.75. The molecule has 0 aromatic rings. The maximum atomic E-state index is 11.6. The lowest BCUT2D eigenvalue weighted by Gasteiger charge is -2.34. The zero-order chi connectivity index (χ0) is 13.6. The fourth-order valence-corrected chi connectivity index (χ4v) is 3.52. The number of hydrogen-bond acceptors (Lipinski definition) is 5. The maximum absolute atomic E-state index is 11.6. The van der Waals surface area contributed by atoms with Crippen LogP contribution in [0, 0.1) is 5.92 Å². The van der Waals surface area contributed by atoms with Gasteiger partial charge in [-0.3, -0.25) is 0 Å². The summed E-state index contributed by atoms with van der Waals surface area (Å²) in [4.78, 5) is 0.112. The highest BCUT2D eigenvalue weighted by Gasteiger charge is 2.36. The van der Waals surface area contributed by atoms with Crippen LogP contribution in [-0.2, 0) is 10.0 Å². The Morgan fingerprint density at radius 3 is 2.74 bits per heavy atom. The molecule has 1 fully saturated rings. The van der Waals surface area contributed by atoms with E-state index in [1.165, 1.54) is 25.3 Å². The summed E-state index contributed by atoms with van der Waals surface area (Å²) in [5, 5.41) is 7.28. The van der Waals surface area contributed by atoms with Gasteiger partial charge in [0.15, 0.2) is 0 Å². The Morgan fingerprint density at radius 1 is 1.42 bits per heavy atom. The van der Waals surface area contributed by atoms with Gasteiger partial charge in [-0.15, -0.1) is 0 Å². The van der Waals surface area contributed by atoms with Crippen molar-refractivity contribution in [1.29, 1.82) is 0 Å². The SMILES string of the molecule is NC1=CC2C(=CNN2CC2CCC2)C(S(N)(=O)=O)=C1. The van der Waals surface area contributed by atoms with Gasteiger partial charge in [0.1, 0.15) is 0 Å². The Bertz CT molecular complexity index is 587. The van der Waals surface area contributed by atoms with Crippen molar-refractivity contribution in [2.75, 3.05) is 6.54 Å². The second-order valence-electron chi connectivity index (χ2n) is 5.34. The molecule has 3 aliphatic rings. The molecule has 0 spiro atoms. The highest BCUT2D eigenvalue weighted by atomic mass is 32.2. The van der Waals surface area contributed by atoms with Crippen LogP contribution < -0.4 is 16.3 Å². The second-order valence-corrected chi connectivity index (χ2v) is 6.87. The minimum atomic E-state index is -3.75. The molecule has 2 aliphatic carbocycles. The van der Waals surface area contributed by atoms with Crippen LogP contribution in [0.2, 0.25) is 0 Å². The number of nitrogens with zero attached hydrogens (tertiary/aromatic N) is 1. The van der Waals surface area contributed by atoms with E-state index in [1.807, 2.05) is 11.1 Å². The Balaban J connectivity index is 1.85. The number of nitrogens with one attached hydrogen (secondary N) is 1. The molecule has 7 heteroatoms. The number of fused-ring (bicyclic) bond motifs is 1. The first-order chi connectivity index (χ1) is 8.95. The third-order valence-corrected chi connectivity index (χ3v) is 4.93. The maximum Gasteiger partial charge on any atom is 0.238 e. The van der Waals surface area contributed by atoms with E-state index in [-0.39, 0.29) is 10.9 Å². The molecular formula is C12H18N4O2S. The first kappa shape index (κ1) is 12.7. The smallest absolute Gasteiger partial charge is 0.238 e. The number of primary sulfonamides is 1. The molecule has 3 rings (SSSR count). The average Bonchev–Trinajstić information content (AvgIpc) is 2.64. The van der Waals surface area contributed by atoms with Crippen LogP contribution in [0.15, 0.2) is 34.5 Å². The summed E-state index contributed by atoms with van der Waals surface area (Å²) < 4.78 is 23.2. The Hall–Kier alpha value is -1.31. The van der Waals surface area contributed by atoms with Crippen LogP contribution in [-0.4, -0.2) is 26.0 Å². The molecule has 5 N–H and O–H groups in total. The lowest BCUT2D eigenvalue weighted by atomic mass is 9.85. The van der Waals surface area contributed by atoms with E-state index >= 15 is 0 Å². The lowest BCUT2D eigenvalue weighted by Crippen LogP contribution is -2.43. The Kier molecular flexibility index (Phi) is 2.92. The zero-order valence-corrected chi connectivity index (χ0v) is 11.4. The molecule has 1 atom stereocenters. The van der Waals surface area contributed by atoms with Crippen molar-refractivity contribution >= 4 is 10.0 Å². The Morgan fingerprint density at radius 2 is 2.16 bits per heavy atom. The molecular weight excluding hydrogens is 264 g/mol. The summed E-state index contributed by atoms with van der Waals surface area (Å²) in [6.07, 6.45) is 8.74. The van der Waals surface area contributed by atoms with Crippen LogP contribution in [0.4, 0.5) is 0 Å². The van der Waals surface area contributed by atoms with E-state index in [1.54, 1.807) is 6.20 Å². The van der Waals surface area contributed by atoms with Gasteiger partial charge in [-0.2, -0.15) is 0 Å². The van der Waals surface area contributed by atoms with Crippen LogP contribution in [0.1, 0.15) is 19.3 Å². The van der Waals surface area contributed by atoms with Crippen molar-refractivity contribution in [3.8, 4) is 0 Å². The molecule has 1 unspecified atom stereocenters. The van der Waals surface area contributed by atoms with E-state index in [4.69, 9.17) is 10.9 Å². The minimum absolute atomic E-state index is 0.112. The van der Waals surface area contributed by atoms with E-state index in [0.717, 1.165) is 6.54 Å². The quantitative estimate of drug-likeness (QED) is 0.670. The molecule has 19 heavy (non-hydrogen) atoms. The number of sulfonamides is 1. The number of nitrogens with two attached hydrogens (primary N) is 2. The van der Waals surface area contributed by atoms with Gasteiger partial charge in [0.2, 0.25) is 10.0 Å². The topological polar surface area (TPSA) is 101 Å². The van der Waals surface area contributed by atoms with Crippen molar-refractivity contribution in [2.24, 2.45) is 16.8 Å². The molecule has 6 nitrogen and oxygen atoms in total. The van der Waals surface area contributed by atoms with Crippen LogP contribution in [0.3, 0.4) is 0 Å². The predicted molar refractivity (Wildman–Crippen MR) is 72.5 cm³/mol. The van der Waals surface area contributed by atoms with Crippen molar-refractivity contribution in [1.82, 2.24) is 10.4 Å². The van der Waals surface area contributed by atoms with Crippen LogP contribution in [0.5, 0.6) is 0 Å². The number of allylic oxidation sites excluding steroid dienone is 1. The van der Waals surface area contributed by atoms with Crippen molar-refractivity contribution < 1.29 is 8.42 Å².